The first kappa shape index (κ1) is 32.2. The maximum Gasteiger partial charge on any atom is 0.416 e. The van der Waals surface area contributed by atoms with Gasteiger partial charge in [-0.1, -0.05) is 36.4 Å². The molecular weight excluding hydrogens is 587 g/mol. The van der Waals surface area contributed by atoms with Crippen molar-refractivity contribution in [3.8, 4) is 28.5 Å². The molecule has 0 unspecified atom stereocenters. The first-order chi connectivity index (χ1) is 22.0. The maximum atomic E-state index is 15.5. The second-order valence-electron chi connectivity index (χ2n) is 11.8. The maximum absolute atomic E-state index is 15.5. The Morgan fingerprint density at radius 1 is 0.913 bits per heavy atom. The van der Waals surface area contributed by atoms with Gasteiger partial charge < -0.3 is 18.9 Å². The summed E-state index contributed by atoms with van der Waals surface area (Å²) in [6, 6.07) is 20.2. The Morgan fingerprint density at radius 2 is 1.67 bits per heavy atom. The summed E-state index contributed by atoms with van der Waals surface area (Å²) in [4.78, 5) is 28.4. The Bertz CT molecular complexity index is 1880. The Hall–Kier alpha value is -5.25. The third-order valence-corrected chi connectivity index (χ3v) is 7.36. The first-order valence-corrected chi connectivity index (χ1v) is 14.8. The molecule has 5 rings (SSSR count). The summed E-state index contributed by atoms with van der Waals surface area (Å²) in [6.07, 6.45) is 0.664. The third kappa shape index (κ3) is 7.01. The van der Waals surface area contributed by atoms with Crippen LogP contribution in [0, 0.1) is 19.8 Å². The van der Waals surface area contributed by atoms with E-state index >= 15 is 4.39 Å². The molecule has 0 saturated heterocycles. The van der Waals surface area contributed by atoms with Crippen molar-refractivity contribution in [1.29, 1.82) is 0 Å². The van der Waals surface area contributed by atoms with Crippen molar-refractivity contribution in [2.45, 2.75) is 53.4 Å². The molecule has 2 heterocycles. The Balaban J connectivity index is 1.64. The molecule has 0 fully saturated rings. The molecule has 3 aromatic carbocycles. The number of carbonyl (C=O) groups excluding carboxylic acids is 1. The first-order valence-electron chi connectivity index (χ1n) is 14.8. The number of rotatable bonds is 9. The van der Waals surface area contributed by atoms with E-state index in [0.29, 0.717) is 46.2 Å². The molecule has 5 aromatic rings. The largest absolute Gasteiger partial charge is 0.497 e. The van der Waals surface area contributed by atoms with E-state index in [2.05, 4.69) is 15.0 Å². The number of benzene rings is 3. The average molecular weight is 625 g/mol. The smallest absolute Gasteiger partial charge is 0.416 e. The Labute approximate surface area is 267 Å². The normalized spacial score (nSPS) is 11.3. The van der Waals surface area contributed by atoms with E-state index in [1.54, 1.807) is 46.1 Å². The molecule has 0 atom stereocenters. The lowest BCUT2D eigenvalue weighted by Gasteiger charge is -2.28. The van der Waals surface area contributed by atoms with Gasteiger partial charge >= 0.3 is 6.09 Å². The van der Waals surface area contributed by atoms with Crippen LogP contribution in [0.4, 0.5) is 15.0 Å². The molecule has 0 spiro atoms. The van der Waals surface area contributed by atoms with Crippen LogP contribution >= 0.6 is 0 Å². The van der Waals surface area contributed by atoms with Crippen molar-refractivity contribution in [2.75, 3.05) is 19.1 Å². The van der Waals surface area contributed by atoms with Gasteiger partial charge in [0, 0.05) is 28.8 Å². The van der Waals surface area contributed by atoms with E-state index in [-0.39, 0.29) is 17.7 Å². The van der Waals surface area contributed by atoms with E-state index < -0.39 is 17.6 Å². The summed E-state index contributed by atoms with van der Waals surface area (Å²) < 4.78 is 38.4. The molecule has 0 aliphatic heterocycles. The molecule has 0 aliphatic carbocycles. The number of methoxy groups -OCH3 is 2. The van der Waals surface area contributed by atoms with Gasteiger partial charge in [0.25, 0.3) is 0 Å². The summed E-state index contributed by atoms with van der Waals surface area (Å²) in [5.74, 6) is 1.14. The molecule has 46 heavy (non-hydrogen) atoms. The van der Waals surface area contributed by atoms with E-state index in [4.69, 9.17) is 18.9 Å². The number of pyridine rings is 1. The number of anilines is 1. The van der Waals surface area contributed by atoms with Crippen molar-refractivity contribution in [3.63, 3.8) is 0 Å². The number of hydrogen-bond donors (Lipinski definition) is 0. The fraction of sp³-hybridized carbons (Fsp3) is 0.278. The quantitative estimate of drug-likeness (QED) is 0.152. The van der Waals surface area contributed by atoms with Crippen LogP contribution in [0.1, 0.15) is 43.0 Å². The molecule has 0 N–H and O–H groups in total. The van der Waals surface area contributed by atoms with E-state index in [1.165, 1.54) is 24.4 Å². The summed E-state index contributed by atoms with van der Waals surface area (Å²) in [5.41, 5.74) is 3.86. The van der Waals surface area contributed by atoms with Gasteiger partial charge in [-0.2, -0.15) is 4.39 Å². The summed E-state index contributed by atoms with van der Waals surface area (Å²) in [5, 5.41) is 0.290. The molecule has 0 saturated carbocycles. The summed E-state index contributed by atoms with van der Waals surface area (Å²) in [6.45, 7) is 9.53. The summed E-state index contributed by atoms with van der Waals surface area (Å²) in [7, 11) is 3.09. The minimum absolute atomic E-state index is 0.00827. The van der Waals surface area contributed by atoms with Gasteiger partial charge in [-0.3, -0.25) is 4.90 Å². The van der Waals surface area contributed by atoms with Gasteiger partial charge in [0.2, 0.25) is 5.95 Å². The number of fused-ring (bicyclic) bond motifs is 1. The number of aromatic nitrogens is 3. The Kier molecular flexibility index (Phi) is 9.36. The van der Waals surface area contributed by atoms with Crippen LogP contribution in [-0.4, -0.2) is 40.9 Å². The summed E-state index contributed by atoms with van der Waals surface area (Å²) >= 11 is 0. The minimum Gasteiger partial charge on any atom is -0.497 e. The van der Waals surface area contributed by atoms with E-state index in [9.17, 15) is 4.79 Å². The molecule has 238 valence electrons. The number of amides is 1. The highest BCUT2D eigenvalue weighted by Gasteiger charge is 2.29. The molecule has 10 heteroatoms. The fourth-order valence-electron chi connectivity index (χ4n) is 5.19. The highest BCUT2D eigenvalue weighted by molar-refractivity contribution is 6.03. The van der Waals surface area contributed by atoms with Gasteiger partial charge in [-0.25, -0.2) is 19.7 Å². The predicted molar refractivity (Wildman–Crippen MR) is 175 cm³/mol. The topological polar surface area (TPSA) is 95.9 Å². The lowest BCUT2D eigenvalue weighted by Crippen LogP contribution is -2.37. The zero-order valence-corrected chi connectivity index (χ0v) is 27.1. The van der Waals surface area contributed by atoms with Crippen LogP contribution < -0.4 is 19.1 Å². The number of carbonyl (C=O) groups is 1. The zero-order chi connectivity index (χ0) is 33.0. The number of hydrogen-bond acceptors (Lipinski definition) is 8. The average Bonchev–Trinajstić information content (AvgIpc) is 3.02. The fourth-order valence-corrected chi connectivity index (χ4v) is 5.19. The molecule has 1 amide bonds. The van der Waals surface area contributed by atoms with Crippen LogP contribution in [0.15, 0.2) is 73.1 Å². The van der Waals surface area contributed by atoms with Gasteiger partial charge in [0.15, 0.2) is 0 Å². The van der Waals surface area contributed by atoms with Gasteiger partial charge in [-0.15, -0.1) is 0 Å². The SMILES string of the molecule is COc1ccc(CN(C(=O)OC(C)(C)C)c2ncnc3c(-c4c(C)ccc(OCc5ccccc5)c4C)nc(F)cc23)c(OC)c1. The number of aryl methyl sites for hydroxylation is 1. The zero-order valence-electron chi connectivity index (χ0n) is 27.1. The van der Waals surface area contributed by atoms with Crippen LogP contribution in [-0.2, 0) is 17.9 Å². The van der Waals surface area contributed by atoms with Crippen LogP contribution in [0.5, 0.6) is 17.2 Å². The van der Waals surface area contributed by atoms with E-state index in [0.717, 1.165) is 16.7 Å². The lowest BCUT2D eigenvalue weighted by atomic mass is 9.97. The molecular formula is C36H37FN4O5. The Morgan fingerprint density at radius 3 is 2.37 bits per heavy atom. The predicted octanol–water partition coefficient (Wildman–Crippen LogP) is 7.99. The van der Waals surface area contributed by atoms with Crippen LogP contribution in [0.3, 0.4) is 0 Å². The van der Waals surface area contributed by atoms with Gasteiger partial charge in [0.05, 0.1) is 26.2 Å². The van der Waals surface area contributed by atoms with Crippen molar-refractivity contribution >= 4 is 22.8 Å². The van der Waals surface area contributed by atoms with Crippen molar-refractivity contribution in [1.82, 2.24) is 15.0 Å². The van der Waals surface area contributed by atoms with E-state index in [1.807, 2.05) is 56.3 Å². The van der Waals surface area contributed by atoms with Gasteiger partial charge in [0.1, 0.15) is 52.8 Å². The van der Waals surface area contributed by atoms with Crippen molar-refractivity contribution in [3.05, 3.63) is 101 Å². The number of nitrogens with zero attached hydrogens (tertiary/aromatic N) is 4. The second kappa shape index (κ2) is 13.4. The molecule has 0 aliphatic rings. The molecule has 2 aromatic heterocycles. The highest BCUT2D eigenvalue weighted by Crippen LogP contribution is 2.38. The monoisotopic (exact) mass is 624 g/mol. The minimum atomic E-state index is -0.811. The molecule has 0 radical (unpaired) electrons. The standard InChI is InChI=1S/C36H37FN4O5/c1-22-13-16-28(45-20-24-11-9-8-10-12-24)23(2)31(22)33-32-27(18-30(37)40-33)34(39-21-38-32)41(35(42)46-36(3,4)5)19-25-14-15-26(43-6)17-29(25)44-7/h8-18,21H,19-20H2,1-7H3. The number of ether oxygens (including phenoxy) is 4. The van der Waals surface area contributed by atoms with Gasteiger partial charge in [-0.05, 0) is 63.9 Å². The lowest BCUT2D eigenvalue weighted by molar-refractivity contribution is 0.0576. The van der Waals surface area contributed by atoms with Crippen LogP contribution in [0.25, 0.3) is 22.2 Å². The highest BCUT2D eigenvalue weighted by atomic mass is 19.1. The van der Waals surface area contributed by atoms with Crippen molar-refractivity contribution in [2.24, 2.45) is 0 Å². The number of halogens is 1. The second-order valence-corrected chi connectivity index (χ2v) is 11.8. The molecule has 0 bridgehead atoms. The van der Waals surface area contributed by atoms with Crippen molar-refractivity contribution < 1.29 is 28.1 Å². The molecule has 9 nitrogen and oxygen atoms in total. The van der Waals surface area contributed by atoms with Crippen LogP contribution in [0.2, 0.25) is 0 Å². The third-order valence-electron chi connectivity index (χ3n) is 7.36.